The van der Waals surface area contributed by atoms with Gasteiger partial charge in [-0.05, 0) is 6.07 Å². The molecule has 0 radical (unpaired) electrons. The first-order chi connectivity index (χ1) is 10.1. The zero-order valence-electron chi connectivity index (χ0n) is 11.3. The Kier molecular flexibility index (Phi) is 3.23. The van der Waals surface area contributed by atoms with E-state index in [1.165, 1.54) is 12.4 Å². The van der Waals surface area contributed by atoms with Gasteiger partial charge < -0.3 is 10.4 Å². The number of aromatic nitrogens is 4. The molecule has 0 aliphatic heterocycles. The molecule has 2 aromatic heterocycles. The third kappa shape index (κ3) is 2.53. The SMILES string of the molecule is Cn1cc(C(Nc2cnnc3ccccc23)C(=O)O)cn1. The van der Waals surface area contributed by atoms with Crippen molar-refractivity contribution < 1.29 is 9.90 Å². The fourth-order valence-corrected chi connectivity index (χ4v) is 2.15. The Morgan fingerprint density at radius 1 is 1.33 bits per heavy atom. The van der Waals surface area contributed by atoms with Crippen LogP contribution in [0.2, 0.25) is 0 Å². The highest BCUT2D eigenvalue weighted by Gasteiger charge is 2.22. The molecule has 1 aromatic carbocycles. The molecule has 0 spiro atoms. The van der Waals surface area contributed by atoms with E-state index in [1.54, 1.807) is 17.9 Å². The molecule has 1 atom stereocenters. The fourth-order valence-electron chi connectivity index (χ4n) is 2.15. The van der Waals surface area contributed by atoms with Gasteiger partial charge in [-0.3, -0.25) is 4.68 Å². The molecule has 2 N–H and O–H groups in total. The van der Waals surface area contributed by atoms with Crippen molar-refractivity contribution in [2.45, 2.75) is 6.04 Å². The molecule has 3 aromatic rings. The number of carboxylic acids is 1. The Bertz CT molecular complexity index is 793. The van der Waals surface area contributed by atoms with Crippen LogP contribution in [0.3, 0.4) is 0 Å². The van der Waals surface area contributed by atoms with Crippen LogP contribution in [0, 0.1) is 0 Å². The van der Waals surface area contributed by atoms with Gasteiger partial charge in [0.1, 0.15) is 0 Å². The molecule has 7 heteroatoms. The lowest BCUT2D eigenvalue weighted by Gasteiger charge is -2.15. The van der Waals surface area contributed by atoms with E-state index in [0.717, 1.165) is 5.39 Å². The minimum absolute atomic E-state index is 0.575. The van der Waals surface area contributed by atoms with E-state index in [0.29, 0.717) is 16.8 Å². The summed E-state index contributed by atoms with van der Waals surface area (Å²) in [5, 5.41) is 25.2. The van der Waals surface area contributed by atoms with E-state index in [9.17, 15) is 9.90 Å². The fraction of sp³-hybridized carbons (Fsp3) is 0.143. The first kappa shape index (κ1) is 13.0. The smallest absolute Gasteiger partial charge is 0.330 e. The molecule has 0 aliphatic carbocycles. The van der Waals surface area contributed by atoms with Gasteiger partial charge in [0.2, 0.25) is 0 Å². The Morgan fingerprint density at radius 3 is 2.86 bits per heavy atom. The van der Waals surface area contributed by atoms with E-state index in [4.69, 9.17) is 0 Å². The van der Waals surface area contributed by atoms with Crippen LogP contribution in [0.1, 0.15) is 11.6 Å². The quantitative estimate of drug-likeness (QED) is 0.755. The molecule has 0 bridgehead atoms. The molecular weight excluding hydrogens is 270 g/mol. The summed E-state index contributed by atoms with van der Waals surface area (Å²) in [5.74, 6) is -0.983. The lowest BCUT2D eigenvalue weighted by Crippen LogP contribution is -2.20. The zero-order chi connectivity index (χ0) is 14.8. The average molecular weight is 283 g/mol. The van der Waals surface area contributed by atoms with Crippen LogP contribution in [0.15, 0.2) is 42.9 Å². The standard InChI is InChI=1S/C14H13N5O2/c1-19-8-9(6-16-19)13(14(20)21)17-12-7-15-18-11-5-3-2-4-10(11)12/h2-8,13H,1H3,(H,17,18)(H,20,21). The van der Waals surface area contributed by atoms with E-state index in [-0.39, 0.29) is 0 Å². The number of hydrogen-bond donors (Lipinski definition) is 2. The van der Waals surface area contributed by atoms with Gasteiger partial charge in [0.05, 0.1) is 23.6 Å². The highest BCUT2D eigenvalue weighted by Crippen LogP contribution is 2.25. The third-order valence-electron chi connectivity index (χ3n) is 3.15. The predicted octanol–water partition coefficient (Wildman–Crippen LogP) is 1.60. The number of nitrogens with zero attached hydrogens (tertiary/aromatic N) is 4. The van der Waals surface area contributed by atoms with Crippen LogP contribution in [-0.2, 0) is 11.8 Å². The van der Waals surface area contributed by atoms with Gasteiger partial charge in [-0.2, -0.15) is 15.3 Å². The Balaban J connectivity index is 2.01. The average Bonchev–Trinajstić information content (AvgIpc) is 2.90. The molecule has 0 saturated heterocycles. The maximum atomic E-state index is 11.5. The minimum atomic E-state index is -0.983. The second kappa shape index (κ2) is 5.20. The number of fused-ring (bicyclic) bond motifs is 1. The number of nitrogens with one attached hydrogen (secondary N) is 1. The van der Waals surface area contributed by atoms with Crippen molar-refractivity contribution >= 4 is 22.6 Å². The van der Waals surface area contributed by atoms with Crippen molar-refractivity contribution in [3.63, 3.8) is 0 Å². The maximum absolute atomic E-state index is 11.5. The van der Waals surface area contributed by atoms with Crippen molar-refractivity contribution in [3.8, 4) is 0 Å². The summed E-state index contributed by atoms with van der Waals surface area (Å²) in [5.41, 5.74) is 1.90. The molecule has 2 heterocycles. The monoisotopic (exact) mass is 283 g/mol. The van der Waals surface area contributed by atoms with E-state index >= 15 is 0 Å². The number of aliphatic carboxylic acids is 1. The van der Waals surface area contributed by atoms with Gasteiger partial charge in [-0.15, -0.1) is 0 Å². The van der Waals surface area contributed by atoms with Gasteiger partial charge in [0.25, 0.3) is 0 Å². The van der Waals surface area contributed by atoms with Crippen molar-refractivity contribution in [2.24, 2.45) is 7.05 Å². The molecule has 0 amide bonds. The van der Waals surface area contributed by atoms with Crippen LogP contribution in [0.4, 0.5) is 5.69 Å². The highest BCUT2D eigenvalue weighted by atomic mass is 16.4. The first-order valence-electron chi connectivity index (χ1n) is 6.33. The summed E-state index contributed by atoms with van der Waals surface area (Å²) in [6.07, 6.45) is 4.72. The molecule has 7 nitrogen and oxygen atoms in total. The van der Waals surface area contributed by atoms with Crippen molar-refractivity contribution in [2.75, 3.05) is 5.32 Å². The minimum Gasteiger partial charge on any atom is -0.479 e. The van der Waals surface area contributed by atoms with Gasteiger partial charge in [-0.1, -0.05) is 18.2 Å². The summed E-state index contributed by atoms with van der Waals surface area (Å²) in [6.45, 7) is 0. The van der Waals surface area contributed by atoms with E-state index in [1.807, 2.05) is 24.3 Å². The molecule has 106 valence electrons. The number of carbonyl (C=O) groups is 1. The van der Waals surface area contributed by atoms with Crippen LogP contribution in [0.5, 0.6) is 0 Å². The topological polar surface area (TPSA) is 92.9 Å². The maximum Gasteiger partial charge on any atom is 0.330 e. The molecule has 1 unspecified atom stereocenters. The predicted molar refractivity (Wildman–Crippen MR) is 76.7 cm³/mol. The summed E-state index contributed by atoms with van der Waals surface area (Å²) < 4.78 is 1.57. The normalized spacial score (nSPS) is 12.2. The number of aryl methyl sites for hydroxylation is 1. The Hall–Kier alpha value is -2.96. The van der Waals surface area contributed by atoms with Crippen molar-refractivity contribution in [1.29, 1.82) is 0 Å². The number of rotatable bonds is 4. The number of carboxylic acid groups (broad SMARTS) is 1. The third-order valence-corrected chi connectivity index (χ3v) is 3.15. The van der Waals surface area contributed by atoms with Crippen molar-refractivity contribution in [1.82, 2.24) is 20.0 Å². The lowest BCUT2D eigenvalue weighted by molar-refractivity contribution is -0.138. The first-order valence-corrected chi connectivity index (χ1v) is 6.33. The van der Waals surface area contributed by atoms with E-state index in [2.05, 4.69) is 20.6 Å². The number of benzene rings is 1. The Labute approximate surface area is 120 Å². The summed E-state index contributed by atoms with van der Waals surface area (Å²) in [4.78, 5) is 11.5. The lowest BCUT2D eigenvalue weighted by atomic mass is 10.1. The molecule has 0 aliphatic rings. The molecule has 0 saturated carbocycles. The summed E-state index contributed by atoms with van der Waals surface area (Å²) in [7, 11) is 1.74. The van der Waals surface area contributed by atoms with Crippen molar-refractivity contribution in [3.05, 3.63) is 48.4 Å². The van der Waals surface area contributed by atoms with Crippen LogP contribution < -0.4 is 5.32 Å². The van der Waals surface area contributed by atoms with Gasteiger partial charge in [0, 0.05) is 24.2 Å². The van der Waals surface area contributed by atoms with Gasteiger partial charge in [-0.25, -0.2) is 4.79 Å². The zero-order valence-corrected chi connectivity index (χ0v) is 11.3. The molecule has 3 rings (SSSR count). The molecule has 21 heavy (non-hydrogen) atoms. The Morgan fingerprint density at radius 2 is 2.14 bits per heavy atom. The molecular formula is C14H13N5O2. The molecule has 0 fully saturated rings. The summed E-state index contributed by atoms with van der Waals surface area (Å²) >= 11 is 0. The highest BCUT2D eigenvalue weighted by molar-refractivity contribution is 5.92. The second-order valence-electron chi connectivity index (χ2n) is 4.64. The van der Waals surface area contributed by atoms with Gasteiger partial charge >= 0.3 is 5.97 Å². The summed E-state index contributed by atoms with van der Waals surface area (Å²) in [6, 6.07) is 6.53. The van der Waals surface area contributed by atoms with Crippen LogP contribution >= 0.6 is 0 Å². The number of hydrogen-bond acceptors (Lipinski definition) is 5. The van der Waals surface area contributed by atoms with Crippen LogP contribution in [0.25, 0.3) is 10.9 Å². The van der Waals surface area contributed by atoms with E-state index < -0.39 is 12.0 Å². The van der Waals surface area contributed by atoms with Gasteiger partial charge in [0.15, 0.2) is 6.04 Å². The number of anilines is 1. The largest absolute Gasteiger partial charge is 0.479 e. The van der Waals surface area contributed by atoms with Crippen LogP contribution in [-0.4, -0.2) is 31.1 Å². The second-order valence-corrected chi connectivity index (χ2v) is 4.64.